The predicted octanol–water partition coefficient (Wildman–Crippen LogP) is 2.06. The number of allylic oxidation sites excluding steroid dienone is 2. The fraction of sp³-hybridized carbons (Fsp3) is 0.536. The van der Waals surface area contributed by atoms with Crippen molar-refractivity contribution in [2.45, 2.75) is 84.7 Å². The first kappa shape index (κ1) is 33.5. The maximum Gasteiger partial charge on any atom is 0.475 e. The quantitative estimate of drug-likeness (QED) is 0.0811. The molecule has 3 atom stereocenters. The van der Waals surface area contributed by atoms with E-state index in [1.165, 1.54) is 6.92 Å². The first-order chi connectivity index (χ1) is 18.3. The lowest BCUT2D eigenvalue weighted by Crippen LogP contribution is -2.57. The molecule has 11 heteroatoms. The Balaban J connectivity index is 2.94. The van der Waals surface area contributed by atoms with Crippen molar-refractivity contribution in [3.8, 4) is 6.07 Å². The Morgan fingerprint density at radius 3 is 2.15 bits per heavy atom. The van der Waals surface area contributed by atoms with Gasteiger partial charge in [-0.1, -0.05) is 70.5 Å². The van der Waals surface area contributed by atoms with E-state index in [1.54, 1.807) is 44.2 Å². The van der Waals surface area contributed by atoms with Crippen molar-refractivity contribution in [3.63, 3.8) is 0 Å². The zero-order valence-corrected chi connectivity index (χ0v) is 23.5. The van der Waals surface area contributed by atoms with Gasteiger partial charge in [-0.3, -0.25) is 14.4 Å². The van der Waals surface area contributed by atoms with Crippen LogP contribution in [0.15, 0.2) is 42.0 Å². The molecule has 0 aliphatic rings. The summed E-state index contributed by atoms with van der Waals surface area (Å²) in [7, 11) is -1.83. The van der Waals surface area contributed by atoms with Crippen LogP contribution in [0.3, 0.4) is 0 Å². The largest absolute Gasteiger partial charge is 0.475 e. The van der Waals surface area contributed by atoms with Crippen LogP contribution in [0.2, 0.25) is 0 Å². The number of nitrogens with one attached hydrogen (secondary N) is 4. The van der Waals surface area contributed by atoms with Gasteiger partial charge in [-0.05, 0) is 44.1 Å². The minimum Gasteiger partial charge on any atom is -0.426 e. The molecule has 1 rings (SSSR count). The number of unbranched alkanes of at least 4 members (excludes halogenated alkanes) is 1. The van der Waals surface area contributed by atoms with Crippen LogP contribution >= 0.6 is 0 Å². The van der Waals surface area contributed by atoms with Crippen LogP contribution in [0.25, 0.3) is 0 Å². The Bertz CT molecular complexity index is 1040. The molecular formula is C28H42BN5O5. The highest BCUT2D eigenvalue weighted by molar-refractivity contribution is 6.43. The zero-order chi connectivity index (χ0) is 29.5. The average Bonchev–Trinajstić information content (AvgIpc) is 2.88. The smallest absolute Gasteiger partial charge is 0.426 e. The van der Waals surface area contributed by atoms with Gasteiger partial charge in [0, 0.05) is 11.6 Å². The Hall–Kier alpha value is -3.49. The van der Waals surface area contributed by atoms with E-state index >= 15 is 0 Å². The van der Waals surface area contributed by atoms with Gasteiger partial charge >= 0.3 is 7.12 Å². The normalized spacial score (nSPS) is 13.7. The fourth-order valence-corrected chi connectivity index (χ4v) is 3.72. The van der Waals surface area contributed by atoms with Crippen molar-refractivity contribution >= 4 is 30.6 Å². The molecule has 0 heterocycles. The molecule has 0 spiro atoms. The number of rotatable bonds is 16. The Kier molecular flexibility index (Phi) is 14.8. The van der Waals surface area contributed by atoms with E-state index in [4.69, 9.17) is 5.41 Å². The van der Waals surface area contributed by atoms with Crippen molar-refractivity contribution in [1.82, 2.24) is 16.0 Å². The lowest BCUT2D eigenvalue weighted by atomic mass is 9.75. The molecule has 1 aromatic carbocycles. The lowest BCUT2D eigenvalue weighted by Gasteiger charge is -2.25. The van der Waals surface area contributed by atoms with E-state index in [-0.39, 0.29) is 36.3 Å². The topological polar surface area (TPSA) is 175 Å². The first-order valence-corrected chi connectivity index (χ1v) is 13.4. The van der Waals surface area contributed by atoms with Gasteiger partial charge in [-0.2, -0.15) is 5.26 Å². The molecule has 0 saturated heterocycles. The van der Waals surface area contributed by atoms with E-state index in [0.717, 1.165) is 5.56 Å². The number of amides is 3. The Labute approximate surface area is 231 Å². The van der Waals surface area contributed by atoms with Gasteiger partial charge in [0.05, 0.1) is 11.5 Å². The highest BCUT2D eigenvalue weighted by atomic mass is 16.4. The van der Waals surface area contributed by atoms with Gasteiger partial charge in [0.15, 0.2) is 0 Å². The highest BCUT2D eigenvalue weighted by Gasteiger charge is 2.30. The molecule has 0 radical (unpaired) electrons. The second-order valence-electron chi connectivity index (χ2n) is 10.3. The van der Waals surface area contributed by atoms with Crippen molar-refractivity contribution in [2.75, 3.05) is 0 Å². The predicted molar refractivity (Wildman–Crippen MR) is 151 cm³/mol. The summed E-state index contributed by atoms with van der Waals surface area (Å²) in [6, 6.07) is 9.20. The second-order valence-corrected chi connectivity index (χ2v) is 10.3. The summed E-state index contributed by atoms with van der Waals surface area (Å²) in [6.45, 7) is 8.78. The van der Waals surface area contributed by atoms with Crippen LogP contribution in [-0.4, -0.2) is 58.6 Å². The monoisotopic (exact) mass is 539 g/mol. The minimum atomic E-state index is -1.83. The van der Waals surface area contributed by atoms with Gasteiger partial charge in [0.1, 0.15) is 18.2 Å². The van der Waals surface area contributed by atoms with Gasteiger partial charge in [-0.15, -0.1) is 0 Å². The van der Waals surface area contributed by atoms with Gasteiger partial charge in [0.25, 0.3) is 0 Å². The summed E-state index contributed by atoms with van der Waals surface area (Å²) in [5, 5.41) is 45.2. The van der Waals surface area contributed by atoms with Crippen LogP contribution in [0.4, 0.5) is 0 Å². The van der Waals surface area contributed by atoms with E-state index in [2.05, 4.69) is 16.0 Å². The number of hydrogen-bond acceptors (Lipinski definition) is 7. The SMILES string of the molecule is CC(C)C=C(C#N)C(=N)CCCCC(NC(=O)C(C)NC(=O)C(C)C)C(=O)NC(Cc1ccccc1)B(O)O. The van der Waals surface area contributed by atoms with Crippen LogP contribution < -0.4 is 16.0 Å². The number of benzene rings is 1. The fourth-order valence-electron chi connectivity index (χ4n) is 3.72. The molecule has 1 aromatic rings. The average molecular weight is 539 g/mol. The molecule has 0 bridgehead atoms. The van der Waals surface area contributed by atoms with Crippen molar-refractivity contribution in [3.05, 3.63) is 47.5 Å². The second kappa shape index (κ2) is 17.2. The van der Waals surface area contributed by atoms with Crippen LogP contribution in [0.1, 0.15) is 65.9 Å². The molecule has 0 aromatic heterocycles. The van der Waals surface area contributed by atoms with Crippen molar-refractivity contribution < 1.29 is 24.4 Å². The highest BCUT2D eigenvalue weighted by Crippen LogP contribution is 2.12. The van der Waals surface area contributed by atoms with Crippen molar-refractivity contribution in [2.24, 2.45) is 11.8 Å². The first-order valence-electron chi connectivity index (χ1n) is 13.4. The molecule has 6 N–H and O–H groups in total. The Morgan fingerprint density at radius 2 is 1.62 bits per heavy atom. The van der Waals surface area contributed by atoms with E-state index in [0.29, 0.717) is 24.8 Å². The van der Waals surface area contributed by atoms with Crippen LogP contribution in [-0.2, 0) is 20.8 Å². The number of carbonyl (C=O) groups excluding carboxylic acids is 3. The van der Waals surface area contributed by atoms with Gasteiger partial charge in [0.2, 0.25) is 17.7 Å². The molecule has 0 saturated carbocycles. The summed E-state index contributed by atoms with van der Waals surface area (Å²) < 4.78 is 0. The number of nitriles is 1. The number of nitrogens with zero attached hydrogens (tertiary/aromatic N) is 1. The number of carbonyl (C=O) groups is 3. The molecule has 10 nitrogen and oxygen atoms in total. The molecule has 3 amide bonds. The van der Waals surface area contributed by atoms with Crippen LogP contribution in [0, 0.1) is 28.6 Å². The zero-order valence-electron chi connectivity index (χ0n) is 23.5. The third-order valence-electron chi connectivity index (χ3n) is 6.01. The Morgan fingerprint density at radius 1 is 0.974 bits per heavy atom. The summed E-state index contributed by atoms with van der Waals surface area (Å²) in [5.41, 5.74) is 1.33. The summed E-state index contributed by atoms with van der Waals surface area (Å²) in [6.07, 6.45) is 3.41. The van der Waals surface area contributed by atoms with E-state index < -0.39 is 37.0 Å². The molecule has 0 fully saturated rings. The summed E-state index contributed by atoms with van der Waals surface area (Å²) in [4.78, 5) is 38.0. The van der Waals surface area contributed by atoms with E-state index in [9.17, 15) is 29.7 Å². The molecule has 39 heavy (non-hydrogen) atoms. The molecule has 0 aliphatic heterocycles. The van der Waals surface area contributed by atoms with Crippen LogP contribution in [0.5, 0.6) is 0 Å². The molecule has 212 valence electrons. The maximum absolute atomic E-state index is 13.2. The van der Waals surface area contributed by atoms with Gasteiger partial charge < -0.3 is 31.4 Å². The maximum atomic E-state index is 13.2. The standard InChI is InChI=1S/C28H42BN5O5/c1-18(2)15-22(17-30)23(31)13-9-10-14-24(33-27(36)20(5)32-26(35)19(3)4)28(37)34-25(29(38)39)16-21-11-7-6-8-12-21/h6-8,11-12,15,18-20,24-25,31,38-39H,9-10,13-14,16H2,1-5H3,(H,32,35)(H,33,36)(H,34,37). The number of hydrogen-bond donors (Lipinski definition) is 6. The van der Waals surface area contributed by atoms with E-state index in [1.807, 2.05) is 26.0 Å². The third-order valence-corrected chi connectivity index (χ3v) is 6.01. The van der Waals surface area contributed by atoms with Gasteiger partial charge in [-0.25, -0.2) is 0 Å². The minimum absolute atomic E-state index is 0.132. The lowest BCUT2D eigenvalue weighted by molar-refractivity contribution is -0.132. The summed E-state index contributed by atoms with van der Waals surface area (Å²) >= 11 is 0. The molecule has 0 aliphatic carbocycles. The molecular weight excluding hydrogens is 497 g/mol. The van der Waals surface area contributed by atoms with Crippen molar-refractivity contribution in [1.29, 1.82) is 10.7 Å². The molecule has 3 unspecified atom stereocenters. The third kappa shape index (κ3) is 12.7. The summed E-state index contributed by atoms with van der Waals surface area (Å²) in [5.74, 6) is -2.63.